The van der Waals surface area contributed by atoms with Gasteiger partial charge in [-0.25, -0.2) is 9.97 Å². The molecule has 0 saturated carbocycles. The van der Waals surface area contributed by atoms with Gasteiger partial charge in [-0.15, -0.1) is 0 Å². The van der Waals surface area contributed by atoms with Crippen LogP contribution in [0.25, 0.3) is 11.4 Å². The van der Waals surface area contributed by atoms with Crippen molar-refractivity contribution in [3.8, 4) is 11.4 Å². The average Bonchev–Trinajstić information content (AvgIpc) is 2.33. The molecule has 0 unspecified atom stereocenters. The Hall–Kier alpha value is -1.48. The van der Waals surface area contributed by atoms with Crippen LogP contribution in [0.3, 0.4) is 0 Å². The Balaban J connectivity index is 2.61. The topological polar surface area (TPSA) is 38.7 Å². The number of rotatable bonds is 2. The van der Waals surface area contributed by atoms with Gasteiger partial charge in [0.1, 0.15) is 5.15 Å². The first kappa shape index (κ1) is 12.0. The molecular weight excluding hydrogens is 234 g/mol. The van der Waals surface area contributed by atoms with Gasteiger partial charge in [0, 0.05) is 29.2 Å². The van der Waals surface area contributed by atoms with Crippen molar-refractivity contribution in [2.24, 2.45) is 0 Å². The summed E-state index contributed by atoms with van der Waals surface area (Å²) < 4.78 is 0. The minimum absolute atomic E-state index is 0.523. The van der Waals surface area contributed by atoms with Gasteiger partial charge in [-0.3, -0.25) is 4.98 Å². The molecule has 0 fully saturated rings. The molecule has 0 spiro atoms. The lowest BCUT2D eigenvalue weighted by Crippen LogP contribution is -2.00. The van der Waals surface area contributed by atoms with Crippen molar-refractivity contribution >= 4 is 11.6 Å². The highest BCUT2D eigenvalue weighted by Gasteiger charge is 2.11. The van der Waals surface area contributed by atoms with Gasteiger partial charge in [0.25, 0.3) is 0 Å². The second kappa shape index (κ2) is 4.80. The second-order valence-corrected chi connectivity index (χ2v) is 4.31. The number of nitrogens with zero attached hydrogens (tertiary/aromatic N) is 3. The molecule has 2 aromatic rings. The number of aromatic nitrogens is 3. The molecule has 0 N–H and O–H groups in total. The van der Waals surface area contributed by atoms with Crippen LogP contribution < -0.4 is 0 Å². The molecule has 0 atom stereocenters. The Bertz CT molecular complexity index is 552. The SMILES string of the molecule is CCc1nc(-c2cnccc2C)nc(Cl)c1C. The fourth-order valence-electron chi connectivity index (χ4n) is 1.70. The highest BCUT2D eigenvalue weighted by Crippen LogP contribution is 2.23. The summed E-state index contributed by atoms with van der Waals surface area (Å²) in [6.45, 7) is 6.02. The summed E-state index contributed by atoms with van der Waals surface area (Å²) in [7, 11) is 0. The number of aryl methyl sites for hydroxylation is 2. The zero-order valence-corrected chi connectivity index (χ0v) is 10.9. The molecule has 88 valence electrons. The summed E-state index contributed by atoms with van der Waals surface area (Å²) >= 11 is 6.13. The lowest BCUT2D eigenvalue weighted by molar-refractivity contribution is 0.974. The van der Waals surface area contributed by atoms with Crippen molar-refractivity contribution in [1.82, 2.24) is 15.0 Å². The highest BCUT2D eigenvalue weighted by molar-refractivity contribution is 6.30. The Kier molecular flexibility index (Phi) is 3.38. The van der Waals surface area contributed by atoms with Crippen molar-refractivity contribution in [3.63, 3.8) is 0 Å². The van der Waals surface area contributed by atoms with E-state index in [1.807, 2.05) is 19.9 Å². The first-order chi connectivity index (χ1) is 8.13. The Morgan fingerprint density at radius 1 is 1.24 bits per heavy atom. The molecule has 0 bridgehead atoms. The largest absolute Gasteiger partial charge is 0.264 e. The predicted octanol–water partition coefficient (Wildman–Crippen LogP) is 3.37. The van der Waals surface area contributed by atoms with Crippen molar-refractivity contribution in [1.29, 1.82) is 0 Å². The van der Waals surface area contributed by atoms with E-state index in [2.05, 4.69) is 21.9 Å². The van der Waals surface area contributed by atoms with Crippen molar-refractivity contribution in [2.45, 2.75) is 27.2 Å². The van der Waals surface area contributed by atoms with Crippen LogP contribution in [0.15, 0.2) is 18.5 Å². The molecular formula is C13H14ClN3. The molecule has 17 heavy (non-hydrogen) atoms. The Morgan fingerprint density at radius 2 is 2.00 bits per heavy atom. The zero-order valence-electron chi connectivity index (χ0n) is 10.2. The third-order valence-corrected chi connectivity index (χ3v) is 3.17. The first-order valence-electron chi connectivity index (χ1n) is 5.57. The maximum atomic E-state index is 6.13. The third kappa shape index (κ3) is 2.29. The molecule has 4 heteroatoms. The third-order valence-electron chi connectivity index (χ3n) is 2.80. The summed E-state index contributed by atoms with van der Waals surface area (Å²) in [5.41, 5.74) is 3.98. The van der Waals surface area contributed by atoms with E-state index in [0.29, 0.717) is 11.0 Å². The minimum Gasteiger partial charge on any atom is -0.264 e. The molecule has 0 aliphatic rings. The van der Waals surface area contributed by atoms with Gasteiger partial charge in [0.15, 0.2) is 5.82 Å². The molecule has 0 amide bonds. The van der Waals surface area contributed by atoms with Crippen LogP contribution in [0.2, 0.25) is 5.15 Å². The van der Waals surface area contributed by atoms with Crippen LogP contribution in [0, 0.1) is 13.8 Å². The number of halogens is 1. The number of hydrogen-bond donors (Lipinski definition) is 0. The van der Waals surface area contributed by atoms with E-state index in [4.69, 9.17) is 11.6 Å². The smallest absolute Gasteiger partial charge is 0.162 e. The van der Waals surface area contributed by atoms with E-state index >= 15 is 0 Å². The lowest BCUT2D eigenvalue weighted by Gasteiger charge is -2.08. The van der Waals surface area contributed by atoms with Crippen LogP contribution in [0.1, 0.15) is 23.7 Å². The van der Waals surface area contributed by atoms with E-state index in [1.54, 1.807) is 12.4 Å². The monoisotopic (exact) mass is 247 g/mol. The van der Waals surface area contributed by atoms with Gasteiger partial charge >= 0.3 is 0 Å². The quantitative estimate of drug-likeness (QED) is 0.764. The van der Waals surface area contributed by atoms with Crippen LogP contribution in [0.4, 0.5) is 0 Å². The molecule has 2 rings (SSSR count). The Labute approximate surface area is 106 Å². The normalized spacial score (nSPS) is 10.6. The fourth-order valence-corrected chi connectivity index (χ4v) is 1.88. The maximum absolute atomic E-state index is 6.13. The highest BCUT2D eigenvalue weighted by atomic mass is 35.5. The van der Waals surface area contributed by atoms with Gasteiger partial charge in [-0.1, -0.05) is 18.5 Å². The van der Waals surface area contributed by atoms with Crippen molar-refractivity contribution < 1.29 is 0 Å². The van der Waals surface area contributed by atoms with Crippen LogP contribution in [0.5, 0.6) is 0 Å². The first-order valence-corrected chi connectivity index (χ1v) is 5.95. The maximum Gasteiger partial charge on any atom is 0.162 e. The van der Waals surface area contributed by atoms with Gasteiger partial charge in [-0.05, 0) is 31.9 Å². The Morgan fingerprint density at radius 3 is 2.65 bits per heavy atom. The van der Waals surface area contributed by atoms with E-state index in [-0.39, 0.29) is 0 Å². The summed E-state index contributed by atoms with van der Waals surface area (Å²) in [4.78, 5) is 13.0. The zero-order chi connectivity index (χ0) is 12.4. The van der Waals surface area contributed by atoms with E-state index < -0.39 is 0 Å². The molecule has 0 aliphatic heterocycles. The summed E-state index contributed by atoms with van der Waals surface area (Å²) in [6.07, 6.45) is 4.38. The van der Waals surface area contributed by atoms with Gasteiger partial charge in [-0.2, -0.15) is 0 Å². The van der Waals surface area contributed by atoms with Gasteiger partial charge < -0.3 is 0 Å². The number of hydrogen-bond acceptors (Lipinski definition) is 3. The van der Waals surface area contributed by atoms with E-state index in [1.165, 1.54) is 0 Å². The van der Waals surface area contributed by atoms with Crippen LogP contribution >= 0.6 is 11.6 Å². The van der Waals surface area contributed by atoms with E-state index in [9.17, 15) is 0 Å². The lowest BCUT2D eigenvalue weighted by atomic mass is 10.1. The van der Waals surface area contributed by atoms with E-state index in [0.717, 1.165) is 28.8 Å². The molecule has 2 heterocycles. The molecule has 0 radical (unpaired) electrons. The average molecular weight is 248 g/mol. The molecule has 0 aliphatic carbocycles. The fraction of sp³-hybridized carbons (Fsp3) is 0.308. The standard InChI is InChI=1S/C13H14ClN3/c1-4-11-9(3)12(14)17-13(16-11)10-7-15-6-5-8(10)2/h5-7H,4H2,1-3H3. The van der Waals surface area contributed by atoms with Crippen LogP contribution in [-0.2, 0) is 6.42 Å². The minimum atomic E-state index is 0.523. The van der Waals surface area contributed by atoms with Gasteiger partial charge in [0.2, 0.25) is 0 Å². The van der Waals surface area contributed by atoms with Crippen LogP contribution in [-0.4, -0.2) is 15.0 Å². The summed E-state index contributed by atoms with van der Waals surface area (Å²) in [5.74, 6) is 0.656. The number of pyridine rings is 1. The van der Waals surface area contributed by atoms with Crippen molar-refractivity contribution in [2.75, 3.05) is 0 Å². The van der Waals surface area contributed by atoms with Gasteiger partial charge in [0.05, 0.1) is 0 Å². The summed E-state index contributed by atoms with van der Waals surface area (Å²) in [6, 6.07) is 1.94. The summed E-state index contributed by atoms with van der Waals surface area (Å²) in [5, 5.41) is 0.523. The molecule has 3 nitrogen and oxygen atoms in total. The molecule has 0 saturated heterocycles. The van der Waals surface area contributed by atoms with Crippen molar-refractivity contribution in [3.05, 3.63) is 40.4 Å². The predicted molar refractivity (Wildman–Crippen MR) is 69.1 cm³/mol. The molecule has 2 aromatic heterocycles. The molecule has 0 aromatic carbocycles. The second-order valence-electron chi connectivity index (χ2n) is 3.95.